The van der Waals surface area contributed by atoms with Gasteiger partial charge in [0.15, 0.2) is 5.76 Å². The third-order valence-electron chi connectivity index (χ3n) is 4.92. The van der Waals surface area contributed by atoms with E-state index in [0.717, 1.165) is 28.4 Å². The predicted molar refractivity (Wildman–Crippen MR) is 112 cm³/mol. The van der Waals surface area contributed by atoms with E-state index in [1.165, 1.54) is 0 Å². The Morgan fingerprint density at radius 1 is 1.00 bits per heavy atom. The topological polar surface area (TPSA) is 60.1 Å². The van der Waals surface area contributed by atoms with E-state index in [-0.39, 0.29) is 11.8 Å². The van der Waals surface area contributed by atoms with Crippen molar-refractivity contribution in [3.8, 4) is 11.5 Å². The lowest BCUT2D eigenvalue weighted by Crippen LogP contribution is -2.32. The summed E-state index contributed by atoms with van der Waals surface area (Å²) in [5.41, 5.74) is 2.76. The monoisotopic (exact) mass is 385 g/mol. The zero-order valence-electron chi connectivity index (χ0n) is 16.3. The first-order valence-electron chi connectivity index (χ1n) is 9.66. The van der Waals surface area contributed by atoms with Gasteiger partial charge in [-0.15, -0.1) is 0 Å². The van der Waals surface area contributed by atoms with Gasteiger partial charge in [0.25, 0.3) is 0 Å². The van der Waals surface area contributed by atoms with Crippen molar-refractivity contribution in [2.24, 2.45) is 7.05 Å². The van der Waals surface area contributed by atoms with Crippen LogP contribution in [0.1, 0.15) is 22.9 Å². The summed E-state index contributed by atoms with van der Waals surface area (Å²) in [4.78, 5) is 17.7. The molecule has 1 N–H and O–H groups in total. The van der Waals surface area contributed by atoms with Crippen LogP contribution in [-0.2, 0) is 18.3 Å². The van der Waals surface area contributed by atoms with Crippen LogP contribution >= 0.6 is 0 Å². The van der Waals surface area contributed by atoms with Gasteiger partial charge in [0, 0.05) is 26.2 Å². The molecule has 0 saturated carbocycles. The Labute approximate surface area is 170 Å². The van der Waals surface area contributed by atoms with Crippen LogP contribution in [-0.4, -0.2) is 22.0 Å². The fourth-order valence-corrected chi connectivity index (χ4v) is 3.47. The number of amides is 1. The maximum absolute atomic E-state index is 13.1. The van der Waals surface area contributed by atoms with Gasteiger partial charge in [-0.2, -0.15) is 0 Å². The zero-order chi connectivity index (χ0) is 20.1. The number of hydrogen-bond donors (Lipinski definition) is 1. The van der Waals surface area contributed by atoms with Crippen LogP contribution < -0.4 is 5.32 Å². The lowest BCUT2D eigenvalue weighted by molar-refractivity contribution is -0.121. The molecule has 0 aliphatic carbocycles. The number of nitrogens with zero attached hydrogens (tertiary/aromatic N) is 2. The van der Waals surface area contributed by atoms with Gasteiger partial charge in [-0.3, -0.25) is 4.79 Å². The number of hydrogen-bond acceptors (Lipinski definition) is 3. The number of aryl methyl sites for hydroxylation is 1. The molecule has 0 fully saturated rings. The second kappa shape index (κ2) is 8.61. The summed E-state index contributed by atoms with van der Waals surface area (Å²) in [5, 5.41) is 3.08. The highest BCUT2D eigenvalue weighted by Crippen LogP contribution is 2.24. The summed E-state index contributed by atoms with van der Waals surface area (Å²) >= 11 is 0. The first-order chi connectivity index (χ1) is 14.2. The first-order valence-corrected chi connectivity index (χ1v) is 9.66. The van der Waals surface area contributed by atoms with Crippen LogP contribution in [0.5, 0.6) is 0 Å². The van der Waals surface area contributed by atoms with E-state index in [2.05, 4.69) is 10.3 Å². The molecule has 0 aliphatic heterocycles. The van der Waals surface area contributed by atoms with Crippen LogP contribution in [0.15, 0.2) is 89.7 Å². The molecule has 2 aromatic carbocycles. The third-order valence-corrected chi connectivity index (χ3v) is 4.92. The Morgan fingerprint density at radius 3 is 2.24 bits per heavy atom. The third kappa shape index (κ3) is 4.29. The molecule has 2 heterocycles. The minimum Gasteiger partial charge on any atom is -0.463 e. The number of imidazole rings is 1. The minimum atomic E-state index is -0.336. The summed E-state index contributed by atoms with van der Waals surface area (Å²) < 4.78 is 7.38. The lowest BCUT2D eigenvalue weighted by atomic mass is 9.90. The smallest absolute Gasteiger partial charge is 0.232 e. The number of benzene rings is 2. The summed E-state index contributed by atoms with van der Waals surface area (Å²) in [6.45, 7) is 0.511. The quantitative estimate of drug-likeness (QED) is 0.519. The van der Waals surface area contributed by atoms with Crippen LogP contribution in [0.3, 0.4) is 0 Å². The minimum absolute atomic E-state index is 0.0112. The maximum atomic E-state index is 13.1. The van der Waals surface area contributed by atoms with Gasteiger partial charge >= 0.3 is 0 Å². The summed E-state index contributed by atoms with van der Waals surface area (Å²) in [7, 11) is 1.95. The van der Waals surface area contributed by atoms with Crippen molar-refractivity contribution in [1.29, 1.82) is 0 Å². The maximum Gasteiger partial charge on any atom is 0.232 e. The highest BCUT2D eigenvalue weighted by molar-refractivity contribution is 5.87. The van der Waals surface area contributed by atoms with E-state index < -0.39 is 0 Å². The molecule has 0 spiro atoms. The average Bonchev–Trinajstić information content (AvgIpc) is 3.40. The van der Waals surface area contributed by atoms with Crippen LogP contribution in [0.4, 0.5) is 0 Å². The number of rotatable bonds is 7. The summed E-state index contributed by atoms with van der Waals surface area (Å²) in [6, 6.07) is 23.5. The van der Waals surface area contributed by atoms with Crippen molar-refractivity contribution in [2.45, 2.75) is 12.3 Å². The molecule has 4 aromatic rings. The van der Waals surface area contributed by atoms with Crippen molar-refractivity contribution in [3.05, 3.63) is 102 Å². The molecule has 29 heavy (non-hydrogen) atoms. The van der Waals surface area contributed by atoms with Gasteiger partial charge in [0.2, 0.25) is 5.91 Å². The van der Waals surface area contributed by atoms with Gasteiger partial charge in [0.1, 0.15) is 11.5 Å². The molecule has 4 rings (SSSR count). The van der Waals surface area contributed by atoms with Crippen molar-refractivity contribution in [1.82, 2.24) is 14.9 Å². The second-order valence-electron chi connectivity index (χ2n) is 6.93. The van der Waals surface area contributed by atoms with E-state index in [9.17, 15) is 4.79 Å². The Hall–Kier alpha value is -3.60. The van der Waals surface area contributed by atoms with Crippen LogP contribution in [0.2, 0.25) is 0 Å². The Bertz CT molecular complexity index is 1010. The van der Waals surface area contributed by atoms with E-state index in [4.69, 9.17) is 4.42 Å². The number of carbonyl (C=O) groups is 1. The highest BCUT2D eigenvalue weighted by atomic mass is 16.3. The molecule has 0 atom stereocenters. The fraction of sp³-hybridized carbons (Fsp3) is 0.167. The largest absolute Gasteiger partial charge is 0.463 e. The van der Waals surface area contributed by atoms with Crippen molar-refractivity contribution < 1.29 is 9.21 Å². The average molecular weight is 385 g/mol. The van der Waals surface area contributed by atoms with E-state index in [1.54, 1.807) is 6.26 Å². The predicted octanol–water partition coefficient (Wildman–Crippen LogP) is 4.17. The van der Waals surface area contributed by atoms with Crippen molar-refractivity contribution >= 4 is 5.91 Å². The van der Waals surface area contributed by atoms with Crippen molar-refractivity contribution in [3.63, 3.8) is 0 Å². The lowest BCUT2D eigenvalue weighted by Gasteiger charge is -2.18. The zero-order valence-corrected chi connectivity index (χ0v) is 16.3. The fourth-order valence-electron chi connectivity index (χ4n) is 3.47. The van der Waals surface area contributed by atoms with Crippen LogP contribution in [0, 0.1) is 0 Å². The summed E-state index contributed by atoms with van der Waals surface area (Å²) in [6.07, 6.45) is 4.21. The molecule has 1 amide bonds. The number of nitrogens with one attached hydrogen (secondary N) is 1. The van der Waals surface area contributed by atoms with E-state index >= 15 is 0 Å². The summed E-state index contributed by atoms with van der Waals surface area (Å²) in [5.74, 6) is 1.29. The van der Waals surface area contributed by atoms with E-state index in [0.29, 0.717) is 13.0 Å². The Balaban J connectivity index is 1.45. The SMILES string of the molecule is Cn1cc(-c2ccco2)nc1CCNC(=O)C(c1ccccc1)c1ccccc1. The molecule has 0 bridgehead atoms. The Kier molecular flexibility index (Phi) is 5.56. The van der Waals surface area contributed by atoms with E-state index in [1.807, 2.05) is 90.6 Å². The number of carbonyl (C=O) groups excluding carboxylic acids is 1. The van der Waals surface area contributed by atoms with Gasteiger partial charge in [-0.1, -0.05) is 60.7 Å². The van der Waals surface area contributed by atoms with Gasteiger partial charge < -0.3 is 14.3 Å². The number of aromatic nitrogens is 2. The molecule has 5 heteroatoms. The van der Waals surface area contributed by atoms with Gasteiger partial charge in [0.05, 0.1) is 12.2 Å². The molecule has 5 nitrogen and oxygen atoms in total. The number of furan rings is 1. The molecule has 0 saturated heterocycles. The molecule has 2 aromatic heterocycles. The second-order valence-corrected chi connectivity index (χ2v) is 6.93. The molecule has 0 radical (unpaired) electrons. The molecular formula is C24H23N3O2. The molecular weight excluding hydrogens is 362 g/mol. The first kappa shape index (κ1) is 18.7. The van der Waals surface area contributed by atoms with Gasteiger partial charge in [-0.05, 0) is 23.3 Å². The molecule has 0 unspecified atom stereocenters. The van der Waals surface area contributed by atoms with Crippen molar-refractivity contribution in [2.75, 3.05) is 6.54 Å². The highest BCUT2D eigenvalue weighted by Gasteiger charge is 2.22. The Morgan fingerprint density at radius 2 is 1.66 bits per heavy atom. The van der Waals surface area contributed by atoms with Gasteiger partial charge in [-0.25, -0.2) is 4.98 Å². The van der Waals surface area contributed by atoms with Crippen LogP contribution in [0.25, 0.3) is 11.5 Å². The standard InChI is InChI=1S/C24H23N3O2/c1-27-17-20(21-13-8-16-29-21)26-22(27)14-15-25-24(28)23(18-9-4-2-5-10-18)19-11-6-3-7-12-19/h2-13,16-17,23H,14-15H2,1H3,(H,25,28). The normalized spacial score (nSPS) is 11.0. The molecule has 146 valence electrons. The molecule has 0 aliphatic rings.